The molecule has 0 radical (unpaired) electrons. The summed E-state index contributed by atoms with van der Waals surface area (Å²) in [5.41, 5.74) is 0.988. The largest absolute Gasteiger partial charge is 0.352 e. The molecule has 0 bridgehead atoms. The molecular weight excluding hydrogens is 408 g/mol. The van der Waals surface area contributed by atoms with Crippen molar-refractivity contribution in [1.82, 2.24) is 5.32 Å². The van der Waals surface area contributed by atoms with E-state index in [-0.39, 0.29) is 10.8 Å². The molecule has 0 saturated heterocycles. The minimum Gasteiger partial charge on any atom is -0.352 e. The van der Waals surface area contributed by atoms with E-state index < -0.39 is 10.0 Å². The van der Waals surface area contributed by atoms with Crippen LogP contribution in [-0.2, 0) is 10.0 Å². The third-order valence-electron chi connectivity index (χ3n) is 5.06. The molecule has 1 N–H and O–H groups in total. The quantitative estimate of drug-likeness (QED) is 0.562. The Morgan fingerprint density at radius 3 is 2.24 bits per heavy atom. The fourth-order valence-corrected chi connectivity index (χ4v) is 4.33. The van der Waals surface area contributed by atoms with Gasteiger partial charge in [-0.3, -0.25) is 9.10 Å². The van der Waals surface area contributed by atoms with Gasteiger partial charge in [-0.15, -0.1) is 0 Å². The summed E-state index contributed by atoms with van der Waals surface area (Å²) in [6, 6.07) is 12.6. The van der Waals surface area contributed by atoms with Crippen molar-refractivity contribution in [3.8, 4) is 0 Å². The van der Waals surface area contributed by atoms with Crippen LogP contribution >= 0.6 is 11.6 Å². The van der Waals surface area contributed by atoms with Crippen molar-refractivity contribution >= 4 is 33.2 Å². The maximum atomic E-state index is 12.8. The molecule has 5 nitrogen and oxygen atoms in total. The molecule has 1 atom stereocenters. The highest BCUT2D eigenvalue weighted by Crippen LogP contribution is 2.23. The molecule has 2 aromatic carbocycles. The number of sulfonamides is 1. The molecule has 1 amide bonds. The molecule has 1 unspecified atom stereocenters. The molecule has 2 aromatic rings. The van der Waals surface area contributed by atoms with Crippen molar-refractivity contribution < 1.29 is 13.2 Å². The molecular formula is C22H29ClN2O3S. The molecule has 0 heterocycles. The summed E-state index contributed by atoms with van der Waals surface area (Å²) < 4.78 is 26.7. The van der Waals surface area contributed by atoms with E-state index in [1.807, 2.05) is 0 Å². The van der Waals surface area contributed by atoms with Gasteiger partial charge in [-0.2, -0.15) is 0 Å². The molecule has 0 aliphatic carbocycles. The van der Waals surface area contributed by atoms with Crippen LogP contribution in [0.2, 0.25) is 5.02 Å². The zero-order valence-corrected chi connectivity index (χ0v) is 18.8. The number of amides is 1. The topological polar surface area (TPSA) is 66.5 Å². The first-order valence-electron chi connectivity index (χ1n) is 9.92. The van der Waals surface area contributed by atoms with Crippen LogP contribution < -0.4 is 9.62 Å². The lowest BCUT2D eigenvalue weighted by atomic mass is 9.99. The molecule has 0 spiro atoms. The van der Waals surface area contributed by atoms with E-state index in [9.17, 15) is 13.2 Å². The second-order valence-corrected chi connectivity index (χ2v) is 9.51. The number of anilines is 1. The molecule has 7 heteroatoms. The number of benzene rings is 2. The van der Waals surface area contributed by atoms with E-state index in [0.29, 0.717) is 28.7 Å². The standard InChI is InChI=1S/C22H29ClN2O3S/c1-4-6-7-17(5-2)16-24-22(26)18-8-12-20(13-9-18)25(3)29(27,28)21-14-10-19(23)11-15-21/h8-15,17H,4-7,16H2,1-3H3,(H,24,26). The van der Waals surface area contributed by atoms with Gasteiger partial charge in [0.05, 0.1) is 10.6 Å². The number of nitrogens with one attached hydrogen (secondary N) is 1. The summed E-state index contributed by atoms with van der Waals surface area (Å²) in [5, 5.41) is 3.46. The average molecular weight is 437 g/mol. The van der Waals surface area contributed by atoms with E-state index in [4.69, 9.17) is 11.6 Å². The number of rotatable bonds is 10. The van der Waals surface area contributed by atoms with Crippen LogP contribution in [0.15, 0.2) is 53.4 Å². The van der Waals surface area contributed by atoms with E-state index in [1.54, 1.807) is 36.4 Å². The highest BCUT2D eigenvalue weighted by molar-refractivity contribution is 7.92. The summed E-state index contributed by atoms with van der Waals surface area (Å²) >= 11 is 5.84. The summed E-state index contributed by atoms with van der Waals surface area (Å²) in [7, 11) is -2.22. The predicted molar refractivity (Wildman–Crippen MR) is 119 cm³/mol. The summed E-state index contributed by atoms with van der Waals surface area (Å²) in [6.45, 7) is 4.96. The molecule has 0 aromatic heterocycles. The SMILES string of the molecule is CCCCC(CC)CNC(=O)c1ccc(N(C)S(=O)(=O)c2ccc(Cl)cc2)cc1. The fourth-order valence-electron chi connectivity index (χ4n) is 3.01. The van der Waals surface area contributed by atoms with Gasteiger partial charge in [0, 0.05) is 24.2 Å². The van der Waals surface area contributed by atoms with Gasteiger partial charge in [-0.25, -0.2) is 8.42 Å². The van der Waals surface area contributed by atoms with Crippen LogP contribution in [0.1, 0.15) is 49.9 Å². The second-order valence-electron chi connectivity index (χ2n) is 7.10. The zero-order valence-electron chi connectivity index (χ0n) is 17.2. The lowest BCUT2D eigenvalue weighted by Crippen LogP contribution is -2.29. The number of hydrogen-bond donors (Lipinski definition) is 1. The van der Waals surface area contributed by atoms with E-state index >= 15 is 0 Å². The molecule has 0 fully saturated rings. The lowest BCUT2D eigenvalue weighted by molar-refractivity contribution is 0.0946. The Morgan fingerprint density at radius 1 is 1.07 bits per heavy atom. The van der Waals surface area contributed by atoms with Gasteiger partial charge in [0.25, 0.3) is 15.9 Å². The van der Waals surface area contributed by atoms with Gasteiger partial charge in [0.2, 0.25) is 0 Å². The van der Waals surface area contributed by atoms with Gasteiger partial charge >= 0.3 is 0 Å². The van der Waals surface area contributed by atoms with Crippen LogP contribution in [0.5, 0.6) is 0 Å². The number of carbonyl (C=O) groups excluding carboxylic acids is 1. The third-order valence-corrected chi connectivity index (χ3v) is 7.11. The number of halogens is 1. The minimum absolute atomic E-state index is 0.144. The molecule has 0 aliphatic rings. The molecule has 29 heavy (non-hydrogen) atoms. The predicted octanol–water partition coefficient (Wildman–Crippen LogP) is 5.11. The van der Waals surface area contributed by atoms with Crippen molar-refractivity contribution in [2.24, 2.45) is 5.92 Å². The minimum atomic E-state index is -3.70. The normalized spacial score (nSPS) is 12.4. The summed E-state index contributed by atoms with van der Waals surface area (Å²) in [6.07, 6.45) is 4.46. The van der Waals surface area contributed by atoms with Crippen molar-refractivity contribution in [2.75, 3.05) is 17.9 Å². The van der Waals surface area contributed by atoms with E-state index in [0.717, 1.165) is 25.7 Å². The number of hydrogen-bond acceptors (Lipinski definition) is 3. The first-order chi connectivity index (χ1) is 13.8. The van der Waals surface area contributed by atoms with Crippen LogP contribution in [0.25, 0.3) is 0 Å². The average Bonchev–Trinajstić information content (AvgIpc) is 2.73. The molecule has 158 valence electrons. The first kappa shape index (κ1) is 23.2. The van der Waals surface area contributed by atoms with Crippen LogP contribution in [-0.4, -0.2) is 27.9 Å². The lowest BCUT2D eigenvalue weighted by Gasteiger charge is -2.20. The Hall–Kier alpha value is -2.05. The highest BCUT2D eigenvalue weighted by atomic mass is 35.5. The van der Waals surface area contributed by atoms with Crippen molar-refractivity contribution in [3.05, 3.63) is 59.1 Å². The summed E-state index contributed by atoms with van der Waals surface area (Å²) in [4.78, 5) is 12.6. The van der Waals surface area contributed by atoms with Crippen molar-refractivity contribution in [1.29, 1.82) is 0 Å². The van der Waals surface area contributed by atoms with Crippen molar-refractivity contribution in [2.45, 2.75) is 44.4 Å². The van der Waals surface area contributed by atoms with Gasteiger partial charge < -0.3 is 5.32 Å². The maximum Gasteiger partial charge on any atom is 0.264 e. The fraction of sp³-hybridized carbons (Fsp3) is 0.409. The van der Waals surface area contributed by atoms with Gasteiger partial charge in [-0.05, 0) is 60.9 Å². The van der Waals surface area contributed by atoms with Gasteiger partial charge in [0.15, 0.2) is 0 Å². The first-order valence-corrected chi connectivity index (χ1v) is 11.7. The second kappa shape index (κ2) is 10.6. The molecule has 0 aliphatic heterocycles. The highest BCUT2D eigenvalue weighted by Gasteiger charge is 2.21. The Bertz CT molecular complexity index is 897. The number of unbranched alkanes of at least 4 members (excludes halogenated alkanes) is 1. The Kier molecular flexibility index (Phi) is 8.53. The zero-order chi connectivity index (χ0) is 21.4. The molecule has 0 saturated carbocycles. The Balaban J connectivity index is 2.05. The Morgan fingerprint density at radius 2 is 1.69 bits per heavy atom. The van der Waals surface area contributed by atoms with Crippen LogP contribution in [0.3, 0.4) is 0 Å². The van der Waals surface area contributed by atoms with Gasteiger partial charge in [0.1, 0.15) is 0 Å². The van der Waals surface area contributed by atoms with Crippen LogP contribution in [0.4, 0.5) is 5.69 Å². The maximum absolute atomic E-state index is 12.8. The summed E-state index contributed by atoms with van der Waals surface area (Å²) in [5.74, 6) is 0.337. The number of nitrogens with zero attached hydrogens (tertiary/aromatic N) is 1. The van der Waals surface area contributed by atoms with Gasteiger partial charge in [-0.1, -0.05) is 44.7 Å². The smallest absolute Gasteiger partial charge is 0.264 e. The van der Waals surface area contributed by atoms with E-state index in [2.05, 4.69) is 19.2 Å². The number of carbonyl (C=O) groups is 1. The molecule has 2 rings (SSSR count). The van der Waals surface area contributed by atoms with Crippen molar-refractivity contribution in [3.63, 3.8) is 0 Å². The van der Waals surface area contributed by atoms with E-state index in [1.165, 1.54) is 23.5 Å². The third kappa shape index (κ3) is 6.21. The monoisotopic (exact) mass is 436 g/mol. The van der Waals surface area contributed by atoms with Crippen LogP contribution in [0, 0.1) is 5.92 Å². The Labute approximate surface area is 179 Å².